The van der Waals surface area contributed by atoms with Gasteiger partial charge in [-0.2, -0.15) is 0 Å². The molecule has 0 saturated carbocycles. The zero-order valence-electron chi connectivity index (χ0n) is 12.8. The summed E-state index contributed by atoms with van der Waals surface area (Å²) in [5.41, 5.74) is 2.24. The second-order valence-corrected chi connectivity index (χ2v) is 5.75. The van der Waals surface area contributed by atoms with Crippen LogP contribution in [-0.2, 0) is 11.3 Å². The summed E-state index contributed by atoms with van der Waals surface area (Å²) in [4.78, 5) is 14.3. The monoisotopic (exact) mass is 276 g/mol. The lowest BCUT2D eigenvalue weighted by molar-refractivity contribution is -0.135. The first-order valence-electron chi connectivity index (χ1n) is 7.12. The minimum absolute atomic E-state index is 0.0933. The molecule has 2 atom stereocenters. The second kappa shape index (κ2) is 6.27. The van der Waals surface area contributed by atoms with E-state index in [1.807, 2.05) is 31.0 Å². The van der Waals surface area contributed by atoms with E-state index >= 15 is 0 Å². The van der Waals surface area contributed by atoms with Gasteiger partial charge in [-0.05, 0) is 25.5 Å². The number of hydrogen-bond donors (Lipinski definition) is 1. The molecule has 1 saturated heterocycles. The molecule has 2 unspecified atom stereocenters. The summed E-state index contributed by atoms with van der Waals surface area (Å²) in [7, 11) is 3.54. The molecule has 110 valence electrons. The number of benzene rings is 1. The van der Waals surface area contributed by atoms with E-state index in [0.29, 0.717) is 12.5 Å². The Hall–Kier alpha value is -1.55. The number of nitrogens with one attached hydrogen (secondary N) is 1. The normalized spacial score (nSPS) is 21.8. The van der Waals surface area contributed by atoms with Crippen molar-refractivity contribution in [1.82, 2.24) is 10.2 Å². The molecule has 0 radical (unpaired) electrons. The molecule has 0 spiro atoms. The number of ether oxygens (including phenoxy) is 1. The van der Waals surface area contributed by atoms with Gasteiger partial charge in [0.05, 0.1) is 13.0 Å². The van der Waals surface area contributed by atoms with Gasteiger partial charge in [0, 0.05) is 25.7 Å². The van der Waals surface area contributed by atoms with E-state index in [9.17, 15) is 4.79 Å². The Bertz CT molecular complexity index is 487. The molecular formula is C16H24N2O2. The Morgan fingerprint density at radius 3 is 2.80 bits per heavy atom. The summed E-state index contributed by atoms with van der Waals surface area (Å²) in [5, 5.41) is 3.28. The van der Waals surface area contributed by atoms with Gasteiger partial charge in [0.25, 0.3) is 0 Å². The molecule has 1 aromatic carbocycles. The molecule has 0 aliphatic carbocycles. The standard InChI is InChI=1S/C16H24N2O2/c1-11-5-6-15(20-4)13(7-11)10-18(3)16(19)14-9-17-8-12(14)2/h5-7,12,14,17H,8-10H2,1-4H3. The maximum absolute atomic E-state index is 12.5. The van der Waals surface area contributed by atoms with Crippen molar-refractivity contribution < 1.29 is 9.53 Å². The number of nitrogens with zero attached hydrogens (tertiary/aromatic N) is 1. The van der Waals surface area contributed by atoms with Gasteiger partial charge in [0.2, 0.25) is 5.91 Å². The Labute approximate surface area is 121 Å². The quantitative estimate of drug-likeness (QED) is 0.912. The van der Waals surface area contributed by atoms with Gasteiger partial charge in [-0.25, -0.2) is 0 Å². The van der Waals surface area contributed by atoms with Crippen LogP contribution >= 0.6 is 0 Å². The van der Waals surface area contributed by atoms with E-state index in [2.05, 4.69) is 18.3 Å². The predicted molar refractivity (Wildman–Crippen MR) is 79.7 cm³/mol. The van der Waals surface area contributed by atoms with Crippen LogP contribution in [0.25, 0.3) is 0 Å². The van der Waals surface area contributed by atoms with E-state index in [1.165, 1.54) is 5.56 Å². The van der Waals surface area contributed by atoms with E-state index in [0.717, 1.165) is 24.4 Å². The van der Waals surface area contributed by atoms with E-state index in [4.69, 9.17) is 4.74 Å². The highest BCUT2D eigenvalue weighted by molar-refractivity contribution is 5.79. The van der Waals surface area contributed by atoms with Crippen molar-refractivity contribution in [3.63, 3.8) is 0 Å². The molecule has 1 aliphatic rings. The highest BCUT2D eigenvalue weighted by atomic mass is 16.5. The summed E-state index contributed by atoms with van der Waals surface area (Å²) in [6.45, 7) is 6.48. The van der Waals surface area contributed by atoms with Gasteiger partial charge < -0.3 is 15.0 Å². The Morgan fingerprint density at radius 2 is 2.20 bits per heavy atom. The summed E-state index contributed by atoms with van der Waals surface area (Å²) < 4.78 is 5.38. The van der Waals surface area contributed by atoms with Crippen LogP contribution in [0, 0.1) is 18.8 Å². The molecule has 4 heteroatoms. The average molecular weight is 276 g/mol. The van der Waals surface area contributed by atoms with Crippen LogP contribution in [0.15, 0.2) is 18.2 Å². The molecule has 1 aliphatic heterocycles. The Balaban J connectivity index is 2.09. The summed E-state index contributed by atoms with van der Waals surface area (Å²) in [6.07, 6.45) is 0. The van der Waals surface area contributed by atoms with Crippen LogP contribution in [0.3, 0.4) is 0 Å². The molecule has 1 amide bonds. The molecule has 0 aromatic heterocycles. The smallest absolute Gasteiger partial charge is 0.227 e. The molecule has 1 fully saturated rings. The minimum Gasteiger partial charge on any atom is -0.496 e. The zero-order valence-corrected chi connectivity index (χ0v) is 12.8. The van der Waals surface area contributed by atoms with E-state index in [1.54, 1.807) is 7.11 Å². The van der Waals surface area contributed by atoms with Gasteiger partial charge >= 0.3 is 0 Å². The summed E-state index contributed by atoms with van der Waals surface area (Å²) in [5.74, 6) is 1.55. The lowest BCUT2D eigenvalue weighted by Crippen LogP contribution is -2.35. The third-order valence-electron chi connectivity index (χ3n) is 4.05. The number of methoxy groups -OCH3 is 1. The zero-order chi connectivity index (χ0) is 14.7. The van der Waals surface area contributed by atoms with Gasteiger partial charge in [0.15, 0.2) is 0 Å². The van der Waals surface area contributed by atoms with Crippen LogP contribution in [0.1, 0.15) is 18.1 Å². The fourth-order valence-electron chi connectivity index (χ4n) is 2.79. The lowest BCUT2D eigenvalue weighted by Gasteiger charge is -2.24. The SMILES string of the molecule is COc1ccc(C)cc1CN(C)C(=O)C1CNCC1C. The fourth-order valence-corrected chi connectivity index (χ4v) is 2.79. The van der Waals surface area contributed by atoms with Crippen molar-refractivity contribution in [2.24, 2.45) is 11.8 Å². The minimum atomic E-state index is 0.0933. The second-order valence-electron chi connectivity index (χ2n) is 5.75. The molecule has 20 heavy (non-hydrogen) atoms. The third kappa shape index (κ3) is 3.12. The number of amides is 1. The van der Waals surface area contributed by atoms with Crippen molar-refractivity contribution in [2.75, 3.05) is 27.2 Å². The Kier molecular flexibility index (Phi) is 4.65. The maximum atomic E-state index is 12.5. The number of carbonyl (C=O) groups excluding carboxylic acids is 1. The number of carbonyl (C=O) groups is 1. The predicted octanol–water partition coefficient (Wildman–Crippen LogP) is 1.82. The highest BCUT2D eigenvalue weighted by Crippen LogP contribution is 2.23. The maximum Gasteiger partial charge on any atom is 0.227 e. The van der Waals surface area contributed by atoms with Crippen LogP contribution < -0.4 is 10.1 Å². The van der Waals surface area contributed by atoms with Crippen LogP contribution in [-0.4, -0.2) is 38.1 Å². The van der Waals surface area contributed by atoms with Gasteiger partial charge in [-0.15, -0.1) is 0 Å². The molecule has 1 aromatic rings. The van der Waals surface area contributed by atoms with Crippen LogP contribution in [0.4, 0.5) is 0 Å². The van der Waals surface area contributed by atoms with Crippen molar-refractivity contribution in [2.45, 2.75) is 20.4 Å². The highest BCUT2D eigenvalue weighted by Gasteiger charge is 2.31. The molecule has 1 heterocycles. The summed E-state index contributed by atoms with van der Waals surface area (Å²) >= 11 is 0. The summed E-state index contributed by atoms with van der Waals surface area (Å²) in [6, 6.07) is 6.06. The van der Waals surface area contributed by atoms with Gasteiger partial charge in [-0.1, -0.05) is 24.6 Å². The first kappa shape index (κ1) is 14.9. The van der Waals surface area contributed by atoms with Gasteiger partial charge in [0.1, 0.15) is 5.75 Å². The molecular weight excluding hydrogens is 252 g/mol. The van der Waals surface area contributed by atoms with Crippen molar-refractivity contribution in [3.05, 3.63) is 29.3 Å². The van der Waals surface area contributed by atoms with E-state index in [-0.39, 0.29) is 11.8 Å². The number of aryl methyl sites for hydroxylation is 1. The largest absolute Gasteiger partial charge is 0.496 e. The van der Waals surface area contributed by atoms with E-state index < -0.39 is 0 Å². The molecule has 2 rings (SSSR count). The van der Waals surface area contributed by atoms with Crippen molar-refractivity contribution >= 4 is 5.91 Å². The van der Waals surface area contributed by atoms with Crippen molar-refractivity contribution in [1.29, 1.82) is 0 Å². The topological polar surface area (TPSA) is 41.6 Å². The van der Waals surface area contributed by atoms with Crippen molar-refractivity contribution in [3.8, 4) is 5.75 Å². The van der Waals surface area contributed by atoms with Gasteiger partial charge in [-0.3, -0.25) is 4.79 Å². The van der Waals surface area contributed by atoms with Crippen LogP contribution in [0.5, 0.6) is 5.75 Å². The third-order valence-corrected chi connectivity index (χ3v) is 4.05. The average Bonchev–Trinajstić information content (AvgIpc) is 2.84. The van der Waals surface area contributed by atoms with Crippen LogP contribution in [0.2, 0.25) is 0 Å². The lowest BCUT2D eigenvalue weighted by atomic mass is 9.96. The number of hydrogen-bond acceptors (Lipinski definition) is 3. The number of rotatable bonds is 4. The molecule has 0 bridgehead atoms. The molecule has 4 nitrogen and oxygen atoms in total. The molecule has 1 N–H and O–H groups in total. The Morgan fingerprint density at radius 1 is 1.45 bits per heavy atom. The first-order chi connectivity index (χ1) is 9.52. The fraction of sp³-hybridized carbons (Fsp3) is 0.562. The first-order valence-corrected chi connectivity index (χ1v) is 7.12.